The van der Waals surface area contributed by atoms with Crippen LogP contribution in [0.2, 0.25) is 0 Å². The maximum Gasteiger partial charge on any atom is 0.270 e. The van der Waals surface area contributed by atoms with E-state index in [1.807, 2.05) is 36.4 Å². The third-order valence-electron chi connectivity index (χ3n) is 6.59. The highest BCUT2D eigenvalue weighted by Crippen LogP contribution is 2.36. The summed E-state index contributed by atoms with van der Waals surface area (Å²) in [5.74, 6) is 0. The second kappa shape index (κ2) is 9.95. The van der Waals surface area contributed by atoms with Crippen LogP contribution in [0.4, 0.5) is 5.69 Å². The minimum atomic E-state index is -0.316. The largest absolute Gasteiger partial charge is 0.342 e. The molecule has 0 atom stereocenters. The lowest BCUT2D eigenvalue weighted by molar-refractivity contribution is -0.941. The molecule has 35 heavy (non-hydrogen) atoms. The molecule has 4 aromatic carbocycles. The van der Waals surface area contributed by atoms with Crippen molar-refractivity contribution in [3.63, 3.8) is 0 Å². The van der Waals surface area contributed by atoms with Gasteiger partial charge in [-0.25, -0.2) is 0 Å². The molecular formula is C30H28N3O2+. The van der Waals surface area contributed by atoms with Crippen LogP contribution in [0.3, 0.4) is 0 Å². The molecule has 1 heterocycles. The van der Waals surface area contributed by atoms with E-state index in [-0.39, 0.29) is 10.6 Å². The SMILES string of the molecule is Cn1c(C[NH+](Cc2ccccc2)Cc2ccccc2)c(-c2ccccc2)c2cc([N+](=O)[O-])ccc21. The Kier molecular flexibility index (Phi) is 6.42. The molecular weight excluding hydrogens is 434 g/mol. The fraction of sp³-hybridized carbons (Fsp3) is 0.133. The van der Waals surface area contributed by atoms with Crippen LogP contribution in [-0.2, 0) is 26.7 Å². The van der Waals surface area contributed by atoms with Crippen molar-refractivity contribution in [3.05, 3.63) is 136 Å². The minimum Gasteiger partial charge on any atom is -0.342 e. The van der Waals surface area contributed by atoms with Crippen LogP contribution in [0.25, 0.3) is 22.0 Å². The second-order valence-electron chi connectivity index (χ2n) is 8.96. The molecule has 1 aromatic heterocycles. The highest BCUT2D eigenvalue weighted by atomic mass is 16.6. The van der Waals surface area contributed by atoms with Crippen molar-refractivity contribution < 1.29 is 9.82 Å². The molecule has 0 saturated heterocycles. The summed E-state index contributed by atoms with van der Waals surface area (Å²) in [5.41, 5.74) is 7.02. The van der Waals surface area contributed by atoms with E-state index in [1.165, 1.54) is 21.7 Å². The van der Waals surface area contributed by atoms with Crippen molar-refractivity contribution in [1.29, 1.82) is 0 Å². The molecule has 5 heteroatoms. The predicted molar refractivity (Wildman–Crippen MR) is 140 cm³/mol. The summed E-state index contributed by atoms with van der Waals surface area (Å²) in [5, 5.41) is 12.5. The monoisotopic (exact) mass is 462 g/mol. The number of hydrogen-bond donors (Lipinski definition) is 1. The van der Waals surface area contributed by atoms with Gasteiger partial charge in [0.15, 0.2) is 0 Å². The average Bonchev–Trinajstić information content (AvgIpc) is 3.16. The van der Waals surface area contributed by atoms with Crippen molar-refractivity contribution in [2.75, 3.05) is 0 Å². The first-order valence-electron chi connectivity index (χ1n) is 11.8. The lowest BCUT2D eigenvalue weighted by Crippen LogP contribution is -3.08. The number of fused-ring (bicyclic) bond motifs is 1. The van der Waals surface area contributed by atoms with Crippen LogP contribution in [0.15, 0.2) is 109 Å². The van der Waals surface area contributed by atoms with Crippen molar-refractivity contribution in [2.45, 2.75) is 19.6 Å². The van der Waals surface area contributed by atoms with Gasteiger partial charge < -0.3 is 9.47 Å². The molecule has 5 aromatic rings. The molecule has 0 bridgehead atoms. The molecule has 0 amide bonds. The molecule has 0 saturated carbocycles. The molecule has 5 nitrogen and oxygen atoms in total. The third kappa shape index (κ3) is 4.86. The number of rotatable bonds is 8. The number of aryl methyl sites for hydroxylation is 1. The molecule has 0 unspecified atom stereocenters. The number of aromatic nitrogens is 1. The van der Waals surface area contributed by atoms with Crippen LogP contribution in [0.5, 0.6) is 0 Å². The zero-order valence-corrected chi connectivity index (χ0v) is 19.7. The third-order valence-corrected chi connectivity index (χ3v) is 6.59. The van der Waals surface area contributed by atoms with Gasteiger partial charge in [0.25, 0.3) is 5.69 Å². The zero-order chi connectivity index (χ0) is 24.2. The molecule has 5 rings (SSSR count). The van der Waals surface area contributed by atoms with Gasteiger partial charge in [0.05, 0.1) is 10.6 Å². The van der Waals surface area contributed by atoms with E-state index >= 15 is 0 Å². The first kappa shape index (κ1) is 22.6. The summed E-state index contributed by atoms with van der Waals surface area (Å²) in [6, 6.07) is 36.5. The first-order valence-corrected chi connectivity index (χ1v) is 11.8. The first-order chi connectivity index (χ1) is 17.1. The maximum atomic E-state index is 11.6. The van der Waals surface area contributed by atoms with Crippen molar-refractivity contribution in [3.8, 4) is 11.1 Å². The Morgan fingerprint density at radius 3 is 1.83 bits per heavy atom. The van der Waals surface area contributed by atoms with Crippen molar-refractivity contribution in [2.24, 2.45) is 7.05 Å². The summed E-state index contributed by atoms with van der Waals surface area (Å²) >= 11 is 0. The smallest absolute Gasteiger partial charge is 0.270 e. The second-order valence-corrected chi connectivity index (χ2v) is 8.96. The number of nitrogens with zero attached hydrogens (tertiary/aromatic N) is 2. The van der Waals surface area contributed by atoms with E-state index in [1.54, 1.807) is 12.1 Å². The standard InChI is InChI=1S/C30H27N3O2/c1-31-28-18-17-26(33(34)35)19-27(28)30(25-15-9-4-10-16-25)29(31)22-32(20-23-11-5-2-6-12-23)21-24-13-7-3-8-14-24/h2-19H,20-22H2,1H3/p+1. The summed E-state index contributed by atoms with van der Waals surface area (Å²) in [6.45, 7) is 2.55. The summed E-state index contributed by atoms with van der Waals surface area (Å²) in [4.78, 5) is 12.6. The minimum absolute atomic E-state index is 0.115. The summed E-state index contributed by atoms with van der Waals surface area (Å²) in [7, 11) is 2.07. The van der Waals surface area contributed by atoms with Gasteiger partial charge in [-0.3, -0.25) is 10.1 Å². The van der Waals surface area contributed by atoms with Gasteiger partial charge in [-0.15, -0.1) is 0 Å². The van der Waals surface area contributed by atoms with E-state index in [9.17, 15) is 10.1 Å². The lowest BCUT2D eigenvalue weighted by atomic mass is 10.0. The van der Waals surface area contributed by atoms with Crippen molar-refractivity contribution >= 4 is 16.6 Å². The van der Waals surface area contributed by atoms with Crippen molar-refractivity contribution in [1.82, 2.24) is 4.57 Å². The quantitative estimate of drug-likeness (QED) is 0.243. The van der Waals surface area contributed by atoms with Crippen LogP contribution >= 0.6 is 0 Å². The molecule has 174 valence electrons. The van der Waals surface area contributed by atoms with Gasteiger partial charge in [-0.2, -0.15) is 0 Å². The van der Waals surface area contributed by atoms with E-state index in [2.05, 4.69) is 72.3 Å². The topological polar surface area (TPSA) is 52.5 Å². The van der Waals surface area contributed by atoms with Gasteiger partial charge in [0, 0.05) is 46.8 Å². The highest BCUT2D eigenvalue weighted by molar-refractivity contribution is 5.99. The number of quaternary nitrogens is 1. The number of non-ortho nitro benzene ring substituents is 1. The number of nitrogens with one attached hydrogen (secondary N) is 1. The Balaban J connectivity index is 1.63. The normalized spacial score (nSPS) is 11.3. The Morgan fingerprint density at radius 2 is 1.29 bits per heavy atom. The van der Waals surface area contributed by atoms with Gasteiger partial charge in [-0.1, -0.05) is 91.0 Å². The molecule has 0 aliphatic rings. The Morgan fingerprint density at radius 1 is 0.743 bits per heavy atom. The Bertz CT molecular complexity index is 1400. The molecule has 0 aliphatic heterocycles. The molecule has 0 radical (unpaired) electrons. The summed E-state index contributed by atoms with van der Waals surface area (Å²) < 4.78 is 2.21. The van der Waals surface area contributed by atoms with Crippen LogP contribution in [0, 0.1) is 10.1 Å². The molecule has 0 fully saturated rings. The van der Waals surface area contributed by atoms with Crippen LogP contribution < -0.4 is 4.90 Å². The number of nitro benzene ring substituents is 1. The van der Waals surface area contributed by atoms with E-state index in [4.69, 9.17) is 0 Å². The van der Waals surface area contributed by atoms with E-state index < -0.39 is 0 Å². The molecule has 0 aliphatic carbocycles. The van der Waals surface area contributed by atoms with E-state index in [0.717, 1.165) is 41.7 Å². The molecule has 1 N–H and O–H groups in total. The number of benzene rings is 4. The Labute approximate surface area is 205 Å². The predicted octanol–water partition coefficient (Wildman–Crippen LogP) is 5.54. The van der Waals surface area contributed by atoms with Crippen LogP contribution in [-0.4, -0.2) is 9.49 Å². The van der Waals surface area contributed by atoms with Gasteiger partial charge in [-0.05, 0) is 11.6 Å². The summed E-state index contributed by atoms with van der Waals surface area (Å²) in [6.07, 6.45) is 0. The fourth-order valence-corrected chi connectivity index (χ4v) is 4.93. The highest BCUT2D eigenvalue weighted by Gasteiger charge is 2.23. The number of nitro groups is 1. The number of hydrogen-bond acceptors (Lipinski definition) is 2. The lowest BCUT2D eigenvalue weighted by Gasteiger charge is -2.21. The average molecular weight is 463 g/mol. The zero-order valence-electron chi connectivity index (χ0n) is 19.7. The van der Waals surface area contributed by atoms with Gasteiger partial charge in [0.1, 0.15) is 19.6 Å². The van der Waals surface area contributed by atoms with Crippen LogP contribution in [0.1, 0.15) is 16.8 Å². The van der Waals surface area contributed by atoms with E-state index in [0.29, 0.717) is 0 Å². The molecule has 0 spiro atoms. The fourth-order valence-electron chi connectivity index (χ4n) is 4.93. The van der Waals surface area contributed by atoms with Gasteiger partial charge in [0.2, 0.25) is 0 Å². The maximum absolute atomic E-state index is 11.6. The Hall–Kier alpha value is -4.22. The van der Waals surface area contributed by atoms with Gasteiger partial charge >= 0.3 is 0 Å².